The van der Waals surface area contributed by atoms with Crippen molar-refractivity contribution in [2.24, 2.45) is 0 Å². The fourth-order valence-electron chi connectivity index (χ4n) is 2.22. The Balaban J connectivity index is 2.19. The maximum Gasteiger partial charge on any atom is 0.160 e. The van der Waals surface area contributed by atoms with Crippen molar-refractivity contribution in [3.63, 3.8) is 0 Å². The highest BCUT2D eigenvalue weighted by molar-refractivity contribution is 8.00. The van der Waals surface area contributed by atoms with Crippen molar-refractivity contribution in [2.45, 2.75) is 24.5 Å². The standard InChI is InChI=1S/C11H14N4S/c1-11(5-2-6-16-11)10-14-13-9-4-3-8(12)7-15(9)10/h3-4,7H,2,5-6,12H2,1H3. The lowest BCUT2D eigenvalue weighted by atomic mass is 10.1. The van der Waals surface area contributed by atoms with E-state index in [1.54, 1.807) is 0 Å². The number of nitrogens with two attached hydrogens (primary N) is 1. The van der Waals surface area contributed by atoms with Crippen molar-refractivity contribution in [2.75, 3.05) is 11.5 Å². The highest BCUT2D eigenvalue weighted by Crippen LogP contribution is 2.45. The van der Waals surface area contributed by atoms with Gasteiger partial charge >= 0.3 is 0 Å². The number of nitrogen functional groups attached to an aromatic ring is 1. The number of rotatable bonds is 1. The molecule has 84 valence electrons. The maximum atomic E-state index is 5.81. The number of hydrogen-bond acceptors (Lipinski definition) is 4. The number of pyridine rings is 1. The highest BCUT2D eigenvalue weighted by Gasteiger charge is 2.35. The Bertz CT molecular complexity index is 528. The predicted octanol–water partition coefficient (Wildman–Crippen LogP) is 2.05. The molecule has 1 fully saturated rings. The third kappa shape index (κ3) is 1.38. The van der Waals surface area contributed by atoms with Gasteiger partial charge in [-0.15, -0.1) is 22.0 Å². The van der Waals surface area contributed by atoms with Crippen molar-refractivity contribution in [1.29, 1.82) is 0 Å². The first-order chi connectivity index (χ1) is 7.69. The lowest BCUT2D eigenvalue weighted by Gasteiger charge is -2.20. The van der Waals surface area contributed by atoms with Crippen molar-refractivity contribution in [3.8, 4) is 0 Å². The number of anilines is 1. The molecule has 5 heteroatoms. The van der Waals surface area contributed by atoms with Crippen LogP contribution in [0.25, 0.3) is 5.65 Å². The van der Waals surface area contributed by atoms with E-state index < -0.39 is 0 Å². The van der Waals surface area contributed by atoms with Crippen molar-refractivity contribution < 1.29 is 0 Å². The molecule has 1 saturated heterocycles. The van der Waals surface area contributed by atoms with Crippen LogP contribution in [0.4, 0.5) is 5.69 Å². The average Bonchev–Trinajstić information content (AvgIpc) is 2.84. The van der Waals surface area contributed by atoms with E-state index in [9.17, 15) is 0 Å². The van der Waals surface area contributed by atoms with Gasteiger partial charge in [0, 0.05) is 11.9 Å². The summed E-state index contributed by atoms with van der Waals surface area (Å²) in [6, 6.07) is 3.77. The summed E-state index contributed by atoms with van der Waals surface area (Å²) < 4.78 is 2.11. The second-order valence-electron chi connectivity index (χ2n) is 4.40. The Kier molecular flexibility index (Phi) is 2.10. The molecule has 0 bridgehead atoms. The fraction of sp³-hybridized carbons (Fsp3) is 0.455. The molecule has 1 atom stereocenters. The van der Waals surface area contributed by atoms with Gasteiger partial charge in [0.25, 0.3) is 0 Å². The zero-order valence-corrected chi connectivity index (χ0v) is 10.00. The summed E-state index contributed by atoms with van der Waals surface area (Å²) in [4.78, 5) is 0. The van der Waals surface area contributed by atoms with Gasteiger partial charge in [0.15, 0.2) is 11.5 Å². The van der Waals surface area contributed by atoms with E-state index in [-0.39, 0.29) is 4.75 Å². The summed E-state index contributed by atoms with van der Waals surface area (Å²) in [5.74, 6) is 2.23. The molecule has 0 radical (unpaired) electrons. The average molecular weight is 234 g/mol. The third-order valence-corrected chi connectivity index (χ3v) is 4.63. The van der Waals surface area contributed by atoms with Gasteiger partial charge in [-0.05, 0) is 37.7 Å². The van der Waals surface area contributed by atoms with E-state index in [0.717, 1.165) is 23.6 Å². The largest absolute Gasteiger partial charge is 0.398 e. The molecular formula is C11H14N4S. The highest BCUT2D eigenvalue weighted by atomic mass is 32.2. The minimum atomic E-state index is 0.0905. The second kappa shape index (κ2) is 3.38. The summed E-state index contributed by atoms with van der Waals surface area (Å²) in [6.07, 6.45) is 4.32. The van der Waals surface area contributed by atoms with Crippen LogP contribution in [-0.2, 0) is 4.75 Å². The van der Waals surface area contributed by atoms with E-state index in [1.165, 1.54) is 12.2 Å². The van der Waals surface area contributed by atoms with Gasteiger partial charge in [0.2, 0.25) is 0 Å². The molecule has 4 nitrogen and oxygen atoms in total. The van der Waals surface area contributed by atoms with E-state index in [1.807, 2.05) is 34.5 Å². The Morgan fingerprint density at radius 2 is 2.31 bits per heavy atom. The van der Waals surface area contributed by atoms with Crippen LogP contribution < -0.4 is 5.73 Å². The van der Waals surface area contributed by atoms with Crippen LogP contribution in [0.3, 0.4) is 0 Å². The summed E-state index contributed by atoms with van der Waals surface area (Å²) in [6.45, 7) is 2.24. The van der Waals surface area contributed by atoms with Crippen LogP contribution in [-0.4, -0.2) is 20.4 Å². The van der Waals surface area contributed by atoms with Crippen molar-refractivity contribution >= 4 is 23.1 Å². The zero-order chi connectivity index (χ0) is 11.2. The minimum absolute atomic E-state index is 0.0905. The minimum Gasteiger partial charge on any atom is -0.398 e. The molecule has 1 unspecified atom stereocenters. The molecule has 1 aliphatic rings. The van der Waals surface area contributed by atoms with Gasteiger partial charge in [0.1, 0.15) is 0 Å². The molecule has 0 spiro atoms. The molecule has 2 aromatic heterocycles. The van der Waals surface area contributed by atoms with Gasteiger partial charge < -0.3 is 5.73 Å². The van der Waals surface area contributed by atoms with Gasteiger partial charge in [-0.25, -0.2) is 0 Å². The van der Waals surface area contributed by atoms with Crippen LogP contribution in [0.15, 0.2) is 18.3 Å². The summed E-state index contributed by atoms with van der Waals surface area (Å²) in [5.41, 5.74) is 7.43. The molecule has 16 heavy (non-hydrogen) atoms. The monoisotopic (exact) mass is 234 g/mol. The number of thioether (sulfide) groups is 1. The lowest BCUT2D eigenvalue weighted by Crippen LogP contribution is -2.17. The molecule has 3 heterocycles. The van der Waals surface area contributed by atoms with Gasteiger partial charge in [-0.2, -0.15) is 0 Å². The number of hydrogen-bond donors (Lipinski definition) is 1. The SMILES string of the molecule is CC1(c2nnc3ccc(N)cn23)CCCS1. The molecule has 3 rings (SSSR count). The Morgan fingerprint density at radius 3 is 3.06 bits per heavy atom. The summed E-state index contributed by atoms with van der Waals surface area (Å²) >= 11 is 1.96. The Morgan fingerprint density at radius 1 is 1.44 bits per heavy atom. The molecule has 0 amide bonds. The molecule has 2 N–H and O–H groups in total. The van der Waals surface area contributed by atoms with Gasteiger partial charge in [-0.1, -0.05) is 0 Å². The van der Waals surface area contributed by atoms with Crippen molar-refractivity contribution in [3.05, 3.63) is 24.2 Å². The van der Waals surface area contributed by atoms with Gasteiger partial charge in [0.05, 0.1) is 4.75 Å². The first kappa shape index (κ1) is 9.96. The van der Waals surface area contributed by atoms with Crippen molar-refractivity contribution in [1.82, 2.24) is 14.6 Å². The quantitative estimate of drug-likeness (QED) is 0.820. The first-order valence-electron chi connectivity index (χ1n) is 5.44. The van der Waals surface area contributed by atoms with Crippen LogP contribution in [0.5, 0.6) is 0 Å². The number of aromatic nitrogens is 3. The fourth-order valence-corrected chi connectivity index (χ4v) is 3.52. The van der Waals surface area contributed by atoms with Crippen LogP contribution in [0.1, 0.15) is 25.6 Å². The van der Waals surface area contributed by atoms with Gasteiger partial charge in [-0.3, -0.25) is 4.40 Å². The van der Waals surface area contributed by atoms with Crippen LogP contribution >= 0.6 is 11.8 Å². The summed E-state index contributed by atoms with van der Waals surface area (Å²) in [7, 11) is 0. The van der Waals surface area contributed by atoms with E-state index in [4.69, 9.17) is 5.73 Å². The predicted molar refractivity (Wildman–Crippen MR) is 66.4 cm³/mol. The Hall–Kier alpha value is -1.23. The number of nitrogens with zero attached hydrogens (tertiary/aromatic N) is 3. The molecular weight excluding hydrogens is 220 g/mol. The molecule has 0 aromatic carbocycles. The van der Waals surface area contributed by atoms with Crippen LogP contribution in [0, 0.1) is 0 Å². The maximum absolute atomic E-state index is 5.81. The number of fused-ring (bicyclic) bond motifs is 1. The van der Waals surface area contributed by atoms with Crippen LogP contribution in [0.2, 0.25) is 0 Å². The smallest absolute Gasteiger partial charge is 0.160 e. The van der Waals surface area contributed by atoms with E-state index >= 15 is 0 Å². The second-order valence-corrected chi connectivity index (χ2v) is 6.00. The first-order valence-corrected chi connectivity index (χ1v) is 6.42. The zero-order valence-electron chi connectivity index (χ0n) is 9.18. The third-order valence-electron chi connectivity index (χ3n) is 3.12. The molecule has 0 saturated carbocycles. The molecule has 0 aliphatic carbocycles. The topological polar surface area (TPSA) is 56.2 Å². The lowest BCUT2D eigenvalue weighted by molar-refractivity contribution is 0.598. The normalized spacial score (nSPS) is 25.3. The summed E-state index contributed by atoms with van der Waals surface area (Å²) in [5, 5.41) is 8.52. The van der Waals surface area contributed by atoms with E-state index in [0.29, 0.717) is 0 Å². The van der Waals surface area contributed by atoms with E-state index in [2.05, 4.69) is 17.1 Å². The molecule has 2 aromatic rings. The Labute approximate surface area is 98.2 Å². The molecule has 1 aliphatic heterocycles.